The number of para-hydroxylation sites is 1. The van der Waals surface area contributed by atoms with Gasteiger partial charge in [-0.05, 0) is 78.8 Å². The lowest BCUT2D eigenvalue weighted by molar-refractivity contribution is 0.0734. The van der Waals surface area contributed by atoms with Gasteiger partial charge in [0.2, 0.25) is 0 Å². The maximum Gasteiger partial charge on any atom is 0.343 e. The molecule has 5 rings (SSSR count). The molecule has 0 amide bonds. The minimum absolute atomic E-state index is 0.375. The van der Waals surface area contributed by atoms with Crippen molar-refractivity contribution >= 4 is 17.1 Å². The Morgan fingerprint density at radius 3 is 2.08 bits per heavy atom. The van der Waals surface area contributed by atoms with E-state index in [9.17, 15) is 4.79 Å². The maximum absolute atomic E-state index is 12.5. The molecule has 5 heteroatoms. The van der Waals surface area contributed by atoms with Crippen LogP contribution < -0.4 is 14.2 Å². The SMILES string of the molecule is CN(C)CCOc1ccc(C(=C2CCOc3ccccc32)c2ccc(OC(=O)c3ccccc3)cc2)cc1. The molecule has 0 saturated carbocycles. The molecule has 0 unspecified atom stereocenters. The summed E-state index contributed by atoms with van der Waals surface area (Å²) in [7, 11) is 4.06. The summed E-state index contributed by atoms with van der Waals surface area (Å²) < 4.78 is 17.5. The van der Waals surface area contributed by atoms with Crippen molar-refractivity contribution in [2.45, 2.75) is 6.42 Å². The summed E-state index contributed by atoms with van der Waals surface area (Å²) in [5.41, 5.74) is 6.09. The molecule has 0 N–H and O–H groups in total. The van der Waals surface area contributed by atoms with Gasteiger partial charge in [-0.1, -0.05) is 60.7 Å². The van der Waals surface area contributed by atoms with Gasteiger partial charge >= 0.3 is 5.97 Å². The molecule has 4 aromatic rings. The molecule has 0 radical (unpaired) electrons. The number of hydrogen-bond acceptors (Lipinski definition) is 5. The van der Waals surface area contributed by atoms with E-state index in [1.54, 1.807) is 12.1 Å². The second-order valence-electron chi connectivity index (χ2n) is 9.40. The lowest BCUT2D eigenvalue weighted by Crippen LogP contribution is -2.19. The summed E-state index contributed by atoms with van der Waals surface area (Å²) in [5, 5.41) is 0. The Bertz CT molecular complexity index is 1410. The Morgan fingerprint density at radius 2 is 1.39 bits per heavy atom. The molecule has 0 saturated heterocycles. The smallest absolute Gasteiger partial charge is 0.343 e. The Hall–Kier alpha value is -4.35. The average Bonchev–Trinajstić information content (AvgIpc) is 2.95. The van der Waals surface area contributed by atoms with Crippen molar-refractivity contribution in [3.8, 4) is 17.2 Å². The van der Waals surface area contributed by atoms with Crippen LogP contribution in [0.4, 0.5) is 0 Å². The van der Waals surface area contributed by atoms with Gasteiger partial charge in [0.25, 0.3) is 0 Å². The van der Waals surface area contributed by atoms with E-state index >= 15 is 0 Å². The molecule has 0 aliphatic carbocycles. The lowest BCUT2D eigenvalue weighted by atomic mass is 9.87. The fraction of sp³-hybridized carbons (Fsp3) is 0.182. The van der Waals surface area contributed by atoms with Gasteiger partial charge in [-0.3, -0.25) is 0 Å². The van der Waals surface area contributed by atoms with E-state index in [1.807, 2.05) is 86.9 Å². The number of nitrogens with zero attached hydrogens (tertiary/aromatic N) is 1. The first-order chi connectivity index (χ1) is 18.6. The first-order valence-corrected chi connectivity index (χ1v) is 12.8. The predicted molar refractivity (Wildman–Crippen MR) is 151 cm³/mol. The van der Waals surface area contributed by atoms with E-state index in [0.29, 0.717) is 24.5 Å². The molecule has 1 aliphatic heterocycles. The fourth-order valence-electron chi connectivity index (χ4n) is 4.51. The molecule has 0 bridgehead atoms. The number of esters is 1. The minimum atomic E-state index is -0.375. The number of carbonyl (C=O) groups excluding carboxylic acids is 1. The van der Waals surface area contributed by atoms with Crippen LogP contribution in [0.2, 0.25) is 0 Å². The summed E-state index contributed by atoms with van der Waals surface area (Å²) in [6.07, 6.45) is 0.790. The first-order valence-electron chi connectivity index (χ1n) is 12.8. The van der Waals surface area contributed by atoms with Crippen molar-refractivity contribution in [1.29, 1.82) is 0 Å². The quantitative estimate of drug-likeness (QED) is 0.200. The molecule has 0 aromatic heterocycles. The highest BCUT2D eigenvalue weighted by Gasteiger charge is 2.21. The summed E-state index contributed by atoms with van der Waals surface area (Å²) >= 11 is 0. The van der Waals surface area contributed by atoms with E-state index in [1.165, 1.54) is 5.57 Å². The standard InChI is InChI=1S/C33H31NO4/c1-34(2)21-23-36-27-16-12-24(13-17-27)32(30-20-22-37-31-11-7-6-10-29(30)31)25-14-18-28(19-15-25)38-33(35)26-8-4-3-5-9-26/h3-19H,20-23H2,1-2H3. The zero-order chi connectivity index (χ0) is 26.3. The number of likely N-dealkylation sites (N-methyl/N-ethyl adjacent to an activating group) is 1. The van der Waals surface area contributed by atoms with Crippen molar-refractivity contribution in [2.75, 3.05) is 33.9 Å². The van der Waals surface area contributed by atoms with E-state index in [4.69, 9.17) is 14.2 Å². The number of fused-ring (bicyclic) bond motifs is 1. The molecule has 0 atom stereocenters. The summed E-state index contributed by atoms with van der Waals surface area (Å²) in [5.74, 6) is 1.86. The van der Waals surface area contributed by atoms with Crippen LogP contribution in [0.1, 0.15) is 33.5 Å². The Kier molecular flexibility index (Phi) is 7.86. The van der Waals surface area contributed by atoms with Gasteiger partial charge in [0.05, 0.1) is 12.2 Å². The van der Waals surface area contributed by atoms with Crippen molar-refractivity contribution in [3.63, 3.8) is 0 Å². The summed E-state index contributed by atoms with van der Waals surface area (Å²) in [4.78, 5) is 14.6. The zero-order valence-corrected chi connectivity index (χ0v) is 21.7. The van der Waals surface area contributed by atoms with Crippen LogP contribution in [0.25, 0.3) is 11.1 Å². The average molecular weight is 506 g/mol. The highest BCUT2D eigenvalue weighted by atomic mass is 16.5. The van der Waals surface area contributed by atoms with Crippen LogP contribution in [0.15, 0.2) is 103 Å². The third-order valence-electron chi connectivity index (χ3n) is 6.44. The molecular formula is C33H31NO4. The second-order valence-corrected chi connectivity index (χ2v) is 9.40. The third-order valence-corrected chi connectivity index (χ3v) is 6.44. The monoisotopic (exact) mass is 505 g/mol. The van der Waals surface area contributed by atoms with Crippen molar-refractivity contribution in [2.24, 2.45) is 0 Å². The molecule has 0 fully saturated rings. The number of benzene rings is 4. The molecular weight excluding hydrogens is 474 g/mol. The maximum atomic E-state index is 12.5. The van der Waals surface area contributed by atoms with E-state index < -0.39 is 0 Å². The second kappa shape index (κ2) is 11.8. The Labute approximate surface area is 223 Å². The molecule has 192 valence electrons. The van der Waals surface area contributed by atoms with Gasteiger partial charge in [0, 0.05) is 18.5 Å². The van der Waals surface area contributed by atoms with Crippen LogP contribution in [0.3, 0.4) is 0 Å². The van der Waals surface area contributed by atoms with Gasteiger partial charge < -0.3 is 19.1 Å². The predicted octanol–water partition coefficient (Wildman–Crippen LogP) is 6.59. The van der Waals surface area contributed by atoms with Crippen LogP contribution in [-0.2, 0) is 0 Å². The van der Waals surface area contributed by atoms with Crippen LogP contribution in [-0.4, -0.2) is 44.7 Å². The van der Waals surface area contributed by atoms with Gasteiger partial charge in [0.1, 0.15) is 23.9 Å². The topological polar surface area (TPSA) is 48.0 Å². The van der Waals surface area contributed by atoms with Gasteiger partial charge in [-0.15, -0.1) is 0 Å². The molecule has 4 aromatic carbocycles. The highest BCUT2D eigenvalue weighted by molar-refractivity contribution is 6.00. The number of carbonyl (C=O) groups is 1. The van der Waals surface area contributed by atoms with Crippen LogP contribution >= 0.6 is 0 Å². The largest absolute Gasteiger partial charge is 0.493 e. The van der Waals surface area contributed by atoms with Crippen molar-refractivity contribution in [1.82, 2.24) is 4.90 Å². The lowest BCUT2D eigenvalue weighted by Gasteiger charge is -2.24. The van der Waals surface area contributed by atoms with Crippen LogP contribution in [0, 0.1) is 0 Å². The Morgan fingerprint density at radius 1 is 0.763 bits per heavy atom. The van der Waals surface area contributed by atoms with E-state index in [-0.39, 0.29) is 5.97 Å². The zero-order valence-electron chi connectivity index (χ0n) is 21.7. The minimum Gasteiger partial charge on any atom is -0.493 e. The Balaban J connectivity index is 1.48. The third kappa shape index (κ3) is 5.96. The van der Waals surface area contributed by atoms with E-state index in [2.05, 4.69) is 23.1 Å². The van der Waals surface area contributed by atoms with Crippen LogP contribution in [0.5, 0.6) is 17.2 Å². The number of ether oxygens (including phenoxy) is 3. The fourth-order valence-corrected chi connectivity index (χ4v) is 4.51. The molecule has 38 heavy (non-hydrogen) atoms. The van der Waals surface area contributed by atoms with Crippen molar-refractivity contribution in [3.05, 3.63) is 125 Å². The van der Waals surface area contributed by atoms with Crippen molar-refractivity contribution < 1.29 is 19.0 Å². The summed E-state index contributed by atoms with van der Waals surface area (Å²) in [6.45, 7) is 2.11. The van der Waals surface area contributed by atoms with Gasteiger partial charge in [0.15, 0.2) is 0 Å². The van der Waals surface area contributed by atoms with E-state index in [0.717, 1.165) is 46.7 Å². The molecule has 0 spiro atoms. The number of rotatable bonds is 8. The highest BCUT2D eigenvalue weighted by Crippen LogP contribution is 2.41. The normalized spacial score (nSPS) is 13.9. The molecule has 5 nitrogen and oxygen atoms in total. The van der Waals surface area contributed by atoms with Gasteiger partial charge in [-0.25, -0.2) is 4.79 Å². The summed E-state index contributed by atoms with van der Waals surface area (Å²) in [6, 6.07) is 33.1. The first kappa shape index (κ1) is 25.3. The molecule has 1 heterocycles. The number of hydrogen-bond donors (Lipinski definition) is 0. The molecule has 1 aliphatic rings. The van der Waals surface area contributed by atoms with Gasteiger partial charge in [-0.2, -0.15) is 0 Å².